The lowest BCUT2D eigenvalue weighted by atomic mass is 10.3. The molecule has 0 aromatic rings. The van der Waals surface area contributed by atoms with E-state index in [9.17, 15) is 38.4 Å². The molecular weight excluding hydrogens is 1050 g/mol. The van der Waals surface area contributed by atoms with Gasteiger partial charge >= 0.3 is 47.8 Å². The minimum atomic E-state index is -0.663. The lowest BCUT2D eigenvalue weighted by Gasteiger charge is -2.22. The van der Waals surface area contributed by atoms with Gasteiger partial charge in [-0.3, -0.25) is 38.4 Å². The van der Waals surface area contributed by atoms with Gasteiger partial charge in [-0.25, -0.2) is 0 Å². The van der Waals surface area contributed by atoms with Crippen molar-refractivity contribution in [2.45, 2.75) is 102 Å². The van der Waals surface area contributed by atoms with E-state index in [1.54, 1.807) is 42.4 Å². The number of hydrogen-bond donors (Lipinski definition) is 0. The Balaban J connectivity index is 5.53. The molecule has 0 aromatic carbocycles. The molecule has 0 spiro atoms. The van der Waals surface area contributed by atoms with Crippen LogP contribution < -0.4 is 0 Å². The number of esters is 8. The number of ether oxygens (including phenoxy) is 12. The molecule has 0 radical (unpaired) electrons. The highest BCUT2D eigenvalue weighted by Crippen LogP contribution is 2.24. The van der Waals surface area contributed by atoms with E-state index in [0.29, 0.717) is 98.7 Å². The van der Waals surface area contributed by atoms with E-state index in [2.05, 4.69) is 0 Å². The van der Waals surface area contributed by atoms with Crippen LogP contribution in [0.15, 0.2) is 0 Å². The second-order valence-electron chi connectivity index (χ2n) is 15.2. The Bertz CT molecular complexity index is 1510. The maximum absolute atomic E-state index is 11.8. The Labute approximate surface area is 444 Å². The highest BCUT2D eigenvalue weighted by atomic mass is 32.2. The van der Waals surface area contributed by atoms with E-state index in [1.807, 2.05) is 0 Å². The lowest BCUT2D eigenvalue weighted by molar-refractivity contribution is -0.154. The van der Waals surface area contributed by atoms with Gasteiger partial charge in [0.15, 0.2) is 0 Å². The summed E-state index contributed by atoms with van der Waals surface area (Å²) in [5, 5.41) is -0.0359. The number of rotatable bonds is 45. The van der Waals surface area contributed by atoms with Crippen molar-refractivity contribution in [3.8, 4) is 0 Å². The number of carbonyl (C=O) groups excluding carboxylic acids is 8. The number of methoxy groups -OCH3 is 1. The smallest absolute Gasteiger partial charge is 0.303 e. The minimum absolute atomic E-state index is 0.0700. The highest BCUT2D eigenvalue weighted by Gasteiger charge is 2.23. The first-order chi connectivity index (χ1) is 33.8. The first-order valence-corrected chi connectivity index (χ1v) is 29.4. The molecule has 7 unspecified atom stereocenters. The SMILES string of the molecule is COCCOCC(CSCCOCC(CSCC(COC(C)=O)OC(C)=O)SCC(COC(C)=O)OC(C)=O)SCCOCC(CSCC(CCOC(C)=O)OC(C)=O)SCC(COC(C)=O)OC(C)=O. The maximum Gasteiger partial charge on any atom is 0.303 e. The quantitative estimate of drug-likeness (QED) is 0.0461. The van der Waals surface area contributed by atoms with Gasteiger partial charge in [-0.1, -0.05) is 0 Å². The molecule has 71 heavy (non-hydrogen) atoms. The van der Waals surface area contributed by atoms with Crippen LogP contribution in [-0.4, -0.2) is 219 Å². The van der Waals surface area contributed by atoms with Crippen molar-refractivity contribution in [3.63, 3.8) is 0 Å². The van der Waals surface area contributed by atoms with Crippen LogP contribution in [0, 0.1) is 0 Å². The van der Waals surface area contributed by atoms with Crippen LogP contribution in [0.2, 0.25) is 0 Å². The van der Waals surface area contributed by atoms with Crippen LogP contribution in [-0.2, 0) is 95.2 Å². The zero-order chi connectivity index (χ0) is 53.2. The molecule has 7 atom stereocenters. The number of hydrogen-bond acceptors (Lipinski definition) is 26. The molecule has 0 amide bonds. The van der Waals surface area contributed by atoms with Gasteiger partial charge in [0.1, 0.15) is 44.2 Å². The van der Waals surface area contributed by atoms with Crippen LogP contribution in [0.4, 0.5) is 0 Å². The van der Waals surface area contributed by atoms with Crippen molar-refractivity contribution in [2.24, 2.45) is 0 Å². The van der Waals surface area contributed by atoms with Gasteiger partial charge < -0.3 is 56.8 Å². The summed E-state index contributed by atoms with van der Waals surface area (Å²) in [6.45, 7) is 13.2. The highest BCUT2D eigenvalue weighted by molar-refractivity contribution is 8.04. The second kappa shape index (κ2) is 45.1. The zero-order valence-electron chi connectivity index (χ0n) is 42.5. The summed E-state index contributed by atoms with van der Waals surface area (Å²) in [5.41, 5.74) is 0. The normalized spacial score (nSPS) is 14.1. The summed E-state index contributed by atoms with van der Waals surface area (Å²) >= 11 is 9.50. The van der Waals surface area contributed by atoms with Crippen molar-refractivity contribution < 1.29 is 95.2 Å². The van der Waals surface area contributed by atoms with Crippen LogP contribution in [0.1, 0.15) is 61.8 Å². The standard InChI is InChI=1S/C45H76O20S6/c1-31(46)58-11-10-39(62-35(5)50)24-67-29-45(71-27-42(65-38(8)53)20-61-34(4)49)23-57-15-17-69-43(21-55-13-12-54-9)28-66-16-14-56-22-44(70-26-41(64-37(7)52)19-60-33(3)48)30-68-25-40(63-36(6)51)18-59-32(2)47/h39-45H,10-30H2,1-9H3. The van der Waals surface area contributed by atoms with Gasteiger partial charge in [0.05, 0.1) is 52.9 Å². The van der Waals surface area contributed by atoms with Crippen molar-refractivity contribution in [3.05, 3.63) is 0 Å². The predicted molar refractivity (Wildman–Crippen MR) is 278 cm³/mol. The Hall–Kier alpha value is -2.30. The van der Waals surface area contributed by atoms with E-state index < -0.39 is 72.2 Å². The summed E-state index contributed by atoms with van der Waals surface area (Å²) in [4.78, 5) is 92.6. The second-order valence-corrected chi connectivity index (χ2v) is 22.6. The third-order valence-corrected chi connectivity index (χ3v) is 16.4. The maximum atomic E-state index is 11.8. The van der Waals surface area contributed by atoms with Crippen LogP contribution in [0.3, 0.4) is 0 Å². The van der Waals surface area contributed by atoms with Gasteiger partial charge in [-0.2, -0.15) is 70.6 Å². The molecule has 0 saturated carbocycles. The van der Waals surface area contributed by atoms with E-state index in [1.165, 1.54) is 90.7 Å². The Morgan fingerprint density at radius 3 is 1.13 bits per heavy atom. The third-order valence-electron chi connectivity index (χ3n) is 8.34. The largest absolute Gasteiger partial charge is 0.466 e. The van der Waals surface area contributed by atoms with Crippen LogP contribution in [0.5, 0.6) is 0 Å². The molecule has 0 aromatic heterocycles. The molecule has 26 heteroatoms. The van der Waals surface area contributed by atoms with Gasteiger partial charge in [-0.05, 0) is 0 Å². The first kappa shape index (κ1) is 68.7. The molecule has 0 heterocycles. The fourth-order valence-corrected chi connectivity index (χ4v) is 12.5. The summed E-state index contributed by atoms with van der Waals surface area (Å²) in [7, 11) is 1.61. The fraction of sp³-hybridized carbons (Fsp3) is 0.822. The molecule has 0 aliphatic rings. The summed E-state index contributed by atoms with van der Waals surface area (Å²) in [5.74, 6) is 1.00. The number of carbonyl (C=O) groups is 8. The van der Waals surface area contributed by atoms with E-state index in [4.69, 9.17) is 56.8 Å². The van der Waals surface area contributed by atoms with Crippen LogP contribution >= 0.6 is 70.6 Å². The molecule has 412 valence electrons. The Morgan fingerprint density at radius 2 is 0.704 bits per heavy atom. The molecule has 20 nitrogen and oxygen atoms in total. The van der Waals surface area contributed by atoms with E-state index in [-0.39, 0.29) is 42.2 Å². The summed E-state index contributed by atoms with van der Waals surface area (Å²) in [6, 6.07) is 0. The van der Waals surface area contributed by atoms with E-state index >= 15 is 0 Å². The average molecular weight is 1130 g/mol. The van der Waals surface area contributed by atoms with E-state index in [0.717, 1.165) is 5.75 Å². The molecule has 0 rings (SSSR count). The molecule has 0 aliphatic carbocycles. The monoisotopic (exact) mass is 1130 g/mol. The molecule has 0 fully saturated rings. The summed E-state index contributed by atoms with van der Waals surface area (Å²) < 4.78 is 65.3. The molecular formula is C45H76O20S6. The van der Waals surface area contributed by atoms with Gasteiger partial charge in [-0.15, -0.1) is 0 Å². The van der Waals surface area contributed by atoms with Crippen molar-refractivity contribution >= 4 is 118 Å². The third kappa shape index (κ3) is 46.0. The molecule has 0 aliphatic heterocycles. The van der Waals surface area contributed by atoms with Gasteiger partial charge in [0.2, 0.25) is 0 Å². The first-order valence-electron chi connectivity index (χ1n) is 22.8. The Morgan fingerprint density at radius 1 is 0.338 bits per heavy atom. The Kier molecular flexibility index (Phi) is 43.7. The zero-order valence-corrected chi connectivity index (χ0v) is 47.4. The average Bonchev–Trinajstić information content (AvgIpc) is 3.27. The molecule has 0 bridgehead atoms. The fourth-order valence-electron chi connectivity index (χ4n) is 5.40. The van der Waals surface area contributed by atoms with Gasteiger partial charge in [0.25, 0.3) is 0 Å². The van der Waals surface area contributed by atoms with Gasteiger partial charge in [0, 0.05) is 136 Å². The number of thioether (sulfide) groups is 6. The molecule has 0 N–H and O–H groups in total. The minimum Gasteiger partial charge on any atom is -0.466 e. The molecule has 0 saturated heterocycles. The topological polar surface area (TPSA) is 247 Å². The van der Waals surface area contributed by atoms with Crippen molar-refractivity contribution in [2.75, 3.05) is 132 Å². The van der Waals surface area contributed by atoms with Crippen LogP contribution in [0.25, 0.3) is 0 Å². The van der Waals surface area contributed by atoms with Crippen molar-refractivity contribution in [1.29, 1.82) is 0 Å². The lowest BCUT2D eigenvalue weighted by Crippen LogP contribution is -2.29. The van der Waals surface area contributed by atoms with Crippen molar-refractivity contribution in [1.82, 2.24) is 0 Å². The predicted octanol–water partition coefficient (Wildman–Crippen LogP) is 4.56. The summed E-state index contributed by atoms with van der Waals surface area (Å²) in [6.07, 6.45) is -2.08.